The van der Waals surface area contributed by atoms with Gasteiger partial charge in [0.1, 0.15) is 23.5 Å². The Morgan fingerprint density at radius 3 is 2.74 bits per heavy atom. The number of benzene rings is 1. The highest BCUT2D eigenvalue weighted by atomic mass is 19.1. The number of rotatable bonds is 11. The minimum atomic E-state index is -1.02. The van der Waals surface area contributed by atoms with Gasteiger partial charge in [0.2, 0.25) is 0 Å². The largest absolute Gasteiger partial charge is 0.480 e. The average Bonchev–Trinajstić information content (AvgIpc) is 3.76. The summed E-state index contributed by atoms with van der Waals surface area (Å²) in [5, 5.41) is 14.1. The lowest BCUT2D eigenvalue weighted by Gasteiger charge is -2.34. The lowest BCUT2D eigenvalue weighted by Crippen LogP contribution is -2.40. The highest BCUT2D eigenvalue weighted by molar-refractivity contribution is 5.97. The molecule has 5 aliphatic rings. The van der Waals surface area contributed by atoms with Crippen molar-refractivity contribution in [3.05, 3.63) is 58.0 Å². The molecule has 0 amide bonds. The van der Waals surface area contributed by atoms with Gasteiger partial charge in [-0.1, -0.05) is 6.07 Å². The number of hydrogen-bond acceptors (Lipinski definition) is 7. The Kier molecular flexibility index (Phi) is 9.68. The summed E-state index contributed by atoms with van der Waals surface area (Å²) in [6.07, 6.45) is 12.1. The van der Waals surface area contributed by atoms with Crippen molar-refractivity contribution in [2.45, 2.75) is 113 Å². The third kappa shape index (κ3) is 6.73. The van der Waals surface area contributed by atoms with Crippen molar-refractivity contribution >= 4 is 17.6 Å². The number of aromatic nitrogens is 1. The number of aliphatic carboxylic acids is 1. The highest BCUT2D eigenvalue weighted by Gasteiger charge is 2.58. The molecule has 1 aromatic heterocycles. The third-order valence-corrected chi connectivity index (χ3v) is 11.8. The number of ether oxygens (including phenoxy) is 2. The molecule has 2 aliphatic heterocycles. The second kappa shape index (κ2) is 13.9. The van der Waals surface area contributed by atoms with Gasteiger partial charge in [0.05, 0.1) is 11.5 Å². The molecule has 1 saturated heterocycles. The number of halogens is 1. The fourth-order valence-electron chi connectivity index (χ4n) is 9.13. The first-order chi connectivity index (χ1) is 22.8. The molecule has 254 valence electrons. The van der Waals surface area contributed by atoms with Gasteiger partial charge in [0, 0.05) is 44.0 Å². The fraction of sp³-hybridized carbons (Fsp3) is 0.658. The van der Waals surface area contributed by atoms with Crippen molar-refractivity contribution < 1.29 is 28.6 Å². The van der Waals surface area contributed by atoms with Crippen molar-refractivity contribution in [3.63, 3.8) is 0 Å². The first kappa shape index (κ1) is 32.7. The molecule has 47 heavy (non-hydrogen) atoms. The first-order valence-corrected chi connectivity index (χ1v) is 18.1. The van der Waals surface area contributed by atoms with Crippen molar-refractivity contribution in [2.24, 2.45) is 11.8 Å². The van der Waals surface area contributed by atoms with Gasteiger partial charge in [-0.3, -0.25) is 14.5 Å². The number of ketones is 1. The third-order valence-electron chi connectivity index (χ3n) is 11.8. The SMILES string of the molecule is CN(C(C(=O)O)c1cc(F)cc2c1C1(CC1)C(=O)C(C1CCOCC1)CC2)[C@H]1CC[C@H](OCCCCc2ccc3c(n2)NCCC3)C1. The maximum absolute atomic E-state index is 15.3. The monoisotopic (exact) mass is 647 g/mol. The van der Waals surface area contributed by atoms with E-state index in [2.05, 4.69) is 17.4 Å². The van der Waals surface area contributed by atoms with Gasteiger partial charge >= 0.3 is 5.97 Å². The molecule has 7 rings (SSSR count). The number of hydrogen-bond donors (Lipinski definition) is 2. The zero-order valence-electron chi connectivity index (χ0n) is 27.8. The van der Waals surface area contributed by atoms with Gasteiger partial charge in [-0.15, -0.1) is 0 Å². The summed E-state index contributed by atoms with van der Waals surface area (Å²) >= 11 is 0. The summed E-state index contributed by atoms with van der Waals surface area (Å²) in [6, 6.07) is 6.30. The van der Waals surface area contributed by atoms with E-state index in [0.29, 0.717) is 51.1 Å². The summed E-state index contributed by atoms with van der Waals surface area (Å²) in [5.74, 6) is 0.0751. The Labute approximate surface area is 277 Å². The van der Waals surface area contributed by atoms with Crippen molar-refractivity contribution in [2.75, 3.05) is 38.7 Å². The molecule has 9 heteroatoms. The Balaban J connectivity index is 0.995. The van der Waals surface area contributed by atoms with E-state index in [4.69, 9.17) is 14.5 Å². The number of unbranched alkanes of at least 4 members (excludes halogenated alkanes) is 1. The van der Waals surface area contributed by atoms with E-state index in [1.807, 2.05) is 11.9 Å². The predicted molar refractivity (Wildman–Crippen MR) is 177 cm³/mol. The molecule has 4 atom stereocenters. The maximum atomic E-state index is 15.3. The second-order valence-electron chi connectivity index (χ2n) is 14.7. The second-order valence-corrected chi connectivity index (χ2v) is 14.7. The summed E-state index contributed by atoms with van der Waals surface area (Å²) in [5.41, 5.74) is 3.86. The molecule has 1 aromatic carbocycles. The van der Waals surface area contributed by atoms with Crippen LogP contribution >= 0.6 is 0 Å². The number of pyridine rings is 1. The van der Waals surface area contributed by atoms with Gasteiger partial charge in [-0.25, -0.2) is 9.37 Å². The Bertz CT molecular complexity index is 1470. The molecule has 2 N–H and O–H groups in total. The lowest BCUT2D eigenvalue weighted by atomic mass is 9.75. The van der Waals surface area contributed by atoms with Crippen LogP contribution in [-0.2, 0) is 43.7 Å². The van der Waals surface area contributed by atoms with Crippen molar-refractivity contribution in [1.29, 1.82) is 0 Å². The number of carboxylic acids is 1. The van der Waals surface area contributed by atoms with Crippen LogP contribution in [0, 0.1) is 17.7 Å². The van der Waals surface area contributed by atoms with Gasteiger partial charge in [-0.2, -0.15) is 0 Å². The van der Waals surface area contributed by atoms with E-state index in [1.54, 1.807) is 6.07 Å². The molecular weight excluding hydrogens is 597 g/mol. The van der Waals surface area contributed by atoms with Gasteiger partial charge in [0.25, 0.3) is 0 Å². The van der Waals surface area contributed by atoms with Crippen LogP contribution < -0.4 is 5.32 Å². The number of carbonyl (C=O) groups excluding carboxylic acids is 1. The number of anilines is 1. The van der Waals surface area contributed by atoms with E-state index in [-0.39, 0.29) is 29.8 Å². The topological polar surface area (TPSA) is 101 Å². The number of Topliss-reactive ketones (excluding diaryl/α,β-unsaturated/α-hetero) is 1. The van der Waals surface area contributed by atoms with E-state index in [0.717, 1.165) is 93.4 Å². The smallest absolute Gasteiger partial charge is 0.325 e. The summed E-state index contributed by atoms with van der Waals surface area (Å²) < 4.78 is 27.2. The first-order valence-electron chi connectivity index (χ1n) is 18.1. The van der Waals surface area contributed by atoms with Crippen LogP contribution in [0.4, 0.5) is 10.2 Å². The molecular formula is C38H50FN3O5. The zero-order valence-corrected chi connectivity index (χ0v) is 27.8. The predicted octanol–water partition coefficient (Wildman–Crippen LogP) is 6.19. The van der Waals surface area contributed by atoms with Crippen molar-refractivity contribution in [1.82, 2.24) is 9.88 Å². The van der Waals surface area contributed by atoms with E-state index >= 15 is 4.39 Å². The molecule has 2 aromatic rings. The van der Waals surface area contributed by atoms with E-state index in [1.165, 1.54) is 11.6 Å². The molecule has 2 unspecified atom stereocenters. The average molecular weight is 648 g/mol. The minimum absolute atomic E-state index is 0.00108. The quantitative estimate of drug-likeness (QED) is 0.279. The standard InChI is InChI=1S/C38H50FN3O5/c1-42(29-10-11-30(23-29)47-18-3-2-6-28-9-7-25-5-4-17-40-36(25)41-28)34(37(44)45)32-22-27(39)21-26-8-12-31(24-13-19-46-20-14-24)35(43)38(15-16-38)33(26)32/h7,9,21-22,24,29-31,34H,2-6,8,10-20,23H2,1H3,(H,40,41)(H,44,45)/t29-,30-,31?,34?/m0/s1. The molecule has 0 radical (unpaired) electrons. The van der Waals surface area contributed by atoms with E-state index in [9.17, 15) is 14.7 Å². The molecule has 3 fully saturated rings. The summed E-state index contributed by atoms with van der Waals surface area (Å²) in [4.78, 5) is 34.0. The van der Waals surface area contributed by atoms with Crippen LogP contribution in [0.2, 0.25) is 0 Å². The van der Waals surface area contributed by atoms with Crippen LogP contribution in [0.25, 0.3) is 0 Å². The highest BCUT2D eigenvalue weighted by Crippen LogP contribution is 2.57. The molecule has 0 bridgehead atoms. The van der Waals surface area contributed by atoms with Crippen LogP contribution in [0.15, 0.2) is 24.3 Å². The van der Waals surface area contributed by atoms with Crippen LogP contribution in [0.5, 0.6) is 0 Å². The van der Waals surface area contributed by atoms with Crippen LogP contribution in [0.1, 0.15) is 105 Å². The molecule has 8 nitrogen and oxygen atoms in total. The number of aryl methyl sites for hydroxylation is 3. The van der Waals surface area contributed by atoms with Crippen LogP contribution in [0.3, 0.4) is 0 Å². The van der Waals surface area contributed by atoms with Crippen LogP contribution in [-0.4, -0.2) is 72.3 Å². The number of carbonyl (C=O) groups is 2. The number of fused-ring (bicyclic) bond motifs is 3. The van der Waals surface area contributed by atoms with Crippen molar-refractivity contribution in [3.8, 4) is 0 Å². The Morgan fingerprint density at radius 2 is 1.96 bits per heavy atom. The zero-order chi connectivity index (χ0) is 32.5. The fourth-order valence-corrected chi connectivity index (χ4v) is 9.13. The van der Waals surface area contributed by atoms with Gasteiger partial charge in [0.15, 0.2) is 0 Å². The number of nitrogens with zero attached hydrogens (tertiary/aromatic N) is 2. The molecule has 2 saturated carbocycles. The molecule has 3 heterocycles. The molecule has 3 aliphatic carbocycles. The number of carboxylic acid groups (broad SMARTS) is 1. The Hall–Kier alpha value is -2.88. The Morgan fingerprint density at radius 1 is 1.13 bits per heavy atom. The van der Waals surface area contributed by atoms with Gasteiger partial charge in [-0.05, 0) is 143 Å². The number of nitrogens with one attached hydrogen (secondary N) is 1. The molecule has 1 spiro atoms. The normalized spacial score (nSPS) is 26.0. The lowest BCUT2D eigenvalue weighted by molar-refractivity contribution is -0.144. The summed E-state index contributed by atoms with van der Waals surface area (Å²) in [6.45, 7) is 3.01. The minimum Gasteiger partial charge on any atom is -0.480 e. The van der Waals surface area contributed by atoms with Gasteiger partial charge < -0.3 is 19.9 Å². The number of likely N-dealkylation sites (N-methyl/N-ethyl adjacent to an activating group) is 1. The van der Waals surface area contributed by atoms with E-state index < -0.39 is 23.2 Å². The summed E-state index contributed by atoms with van der Waals surface area (Å²) in [7, 11) is 1.85. The maximum Gasteiger partial charge on any atom is 0.325 e.